The van der Waals surface area contributed by atoms with Gasteiger partial charge in [-0.1, -0.05) is 0 Å². The van der Waals surface area contributed by atoms with Gasteiger partial charge in [-0.25, -0.2) is 8.78 Å². The fraction of sp³-hybridized carbons (Fsp3) is 0.455. The van der Waals surface area contributed by atoms with Gasteiger partial charge in [-0.2, -0.15) is 0 Å². The van der Waals surface area contributed by atoms with Crippen LogP contribution in [0.3, 0.4) is 0 Å². The molecule has 18 heavy (non-hydrogen) atoms. The van der Waals surface area contributed by atoms with Crippen LogP contribution in [0, 0.1) is 21.7 Å². The summed E-state index contributed by atoms with van der Waals surface area (Å²) in [6.07, 6.45) is 1.48. The molecule has 0 spiro atoms. The fourth-order valence-electron chi connectivity index (χ4n) is 2.19. The molecular formula is C11H13F2N3O2. The molecule has 2 N–H and O–H groups in total. The highest BCUT2D eigenvalue weighted by Crippen LogP contribution is 2.34. The Balaban J connectivity index is 2.46. The van der Waals surface area contributed by atoms with Crippen LogP contribution in [0.15, 0.2) is 12.1 Å². The van der Waals surface area contributed by atoms with Gasteiger partial charge in [0.05, 0.1) is 4.92 Å². The Morgan fingerprint density at radius 2 is 2.17 bits per heavy atom. The molecule has 7 heteroatoms. The van der Waals surface area contributed by atoms with E-state index in [1.807, 2.05) is 0 Å². The standard InChI is InChI=1S/C11H13F2N3O2/c12-8-3-4-9(16(17)18)11(10(8)13)15-5-1-2-7(14)6-15/h3-4,7H,1-2,5-6,14H2. The van der Waals surface area contributed by atoms with E-state index in [0.29, 0.717) is 19.5 Å². The Morgan fingerprint density at radius 1 is 1.44 bits per heavy atom. The molecule has 1 aromatic rings. The Labute approximate surface area is 102 Å². The number of nitro benzene ring substituents is 1. The van der Waals surface area contributed by atoms with E-state index in [0.717, 1.165) is 18.6 Å². The number of nitrogens with two attached hydrogens (primary N) is 1. The van der Waals surface area contributed by atoms with Crippen LogP contribution in [0.4, 0.5) is 20.2 Å². The highest BCUT2D eigenvalue weighted by Gasteiger charge is 2.29. The van der Waals surface area contributed by atoms with Crippen LogP contribution in [-0.2, 0) is 0 Å². The lowest BCUT2D eigenvalue weighted by Crippen LogP contribution is -2.43. The molecule has 0 radical (unpaired) electrons. The maximum atomic E-state index is 13.8. The van der Waals surface area contributed by atoms with Crippen molar-refractivity contribution in [1.82, 2.24) is 0 Å². The van der Waals surface area contributed by atoms with Crippen molar-refractivity contribution < 1.29 is 13.7 Å². The third-order valence-corrected chi connectivity index (χ3v) is 3.02. The van der Waals surface area contributed by atoms with Crippen LogP contribution >= 0.6 is 0 Å². The number of nitrogens with zero attached hydrogens (tertiary/aromatic N) is 2. The van der Waals surface area contributed by atoms with Crippen LogP contribution in [0.2, 0.25) is 0 Å². The molecule has 0 saturated carbocycles. The van der Waals surface area contributed by atoms with E-state index in [2.05, 4.69) is 0 Å². The summed E-state index contributed by atoms with van der Waals surface area (Å²) in [6.45, 7) is 0.732. The average molecular weight is 257 g/mol. The number of piperidine rings is 1. The first-order valence-electron chi connectivity index (χ1n) is 5.63. The number of anilines is 1. The second-order valence-corrected chi connectivity index (χ2v) is 4.33. The first kappa shape index (κ1) is 12.7. The Kier molecular flexibility index (Phi) is 3.42. The molecule has 1 heterocycles. The van der Waals surface area contributed by atoms with Crippen LogP contribution in [0.5, 0.6) is 0 Å². The summed E-state index contributed by atoms with van der Waals surface area (Å²) >= 11 is 0. The molecule has 2 rings (SSSR count). The quantitative estimate of drug-likeness (QED) is 0.647. The van der Waals surface area contributed by atoms with Gasteiger partial charge in [0.2, 0.25) is 0 Å². The molecule has 1 aromatic carbocycles. The Morgan fingerprint density at radius 3 is 2.78 bits per heavy atom. The molecule has 1 saturated heterocycles. The molecule has 98 valence electrons. The molecule has 1 fully saturated rings. The van der Waals surface area contributed by atoms with Crippen molar-refractivity contribution in [2.24, 2.45) is 5.73 Å². The zero-order valence-corrected chi connectivity index (χ0v) is 9.60. The van der Waals surface area contributed by atoms with Gasteiger partial charge in [0.1, 0.15) is 0 Å². The number of halogens is 2. The number of hydrogen-bond acceptors (Lipinski definition) is 4. The first-order valence-corrected chi connectivity index (χ1v) is 5.63. The van der Waals surface area contributed by atoms with Gasteiger partial charge in [0.15, 0.2) is 17.3 Å². The minimum absolute atomic E-state index is 0.180. The summed E-state index contributed by atoms with van der Waals surface area (Å²) in [6, 6.07) is 1.57. The van der Waals surface area contributed by atoms with E-state index < -0.39 is 22.2 Å². The largest absolute Gasteiger partial charge is 0.362 e. The van der Waals surface area contributed by atoms with Crippen LogP contribution in [0.1, 0.15) is 12.8 Å². The predicted molar refractivity (Wildman–Crippen MR) is 62.4 cm³/mol. The van der Waals surface area contributed by atoms with E-state index in [1.165, 1.54) is 4.90 Å². The van der Waals surface area contributed by atoms with Crippen molar-refractivity contribution >= 4 is 11.4 Å². The minimum atomic E-state index is -1.18. The van der Waals surface area contributed by atoms with E-state index in [-0.39, 0.29) is 11.7 Å². The molecule has 0 aromatic heterocycles. The SMILES string of the molecule is NC1CCCN(c2c([N+](=O)[O-])ccc(F)c2F)C1. The highest BCUT2D eigenvalue weighted by molar-refractivity contribution is 5.64. The Hall–Kier alpha value is -1.76. The van der Waals surface area contributed by atoms with Gasteiger partial charge in [0, 0.05) is 25.2 Å². The first-order chi connectivity index (χ1) is 8.50. The third-order valence-electron chi connectivity index (χ3n) is 3.02. The molecule has 1 atom stereocenters. The van der Waals surface area contributed by atoms with E-state index >= 15 is 0 Å². The number of rotatable bonds is 2. The zero-order valence-electron chi connectivity index (χ0n) is 9.60. The smallest absolute Gasteiger partial charge is 0.295 e. The van der Waals surface area contributed by atoms with Crippen LogP contribution in [-0.4, -0.2) is 24.1 Å². The minimum Gasteiger partial charge on any atom is -0.362 e. The second kappa shape index (κ2) is 4.85. The lowest BCUT2D eigenvalue weighted by atomic mass is 10.1. The molecule has 0 amide bonds. The number of benzene rings is 1. The molecule has 1 aliphatic heterocycles. The van der Waals surface area contributed by atoms with Gasteiger partial charge >= 0.3 is 0 Å². The van der Waals surface area contributed by atoms with Crippen molar-refractivity contribution in [3.8, 4) is 0 Å². The summed E-state index contributed by atoms with van der Waals surface area (Å²) < 4.78 is 27.0. The number of nitro groups is 1. The van der Waals surface area contributed by atoms with Crippen LogP contribution in [0.25, 0.3) is 0 Å². The van der Waals surface area contributed by atoms with Crippen molar-refractivity contribution in [2.45, 2.75) is 18.9 Å². The summed E-state index contributed by atoms with van der Waals surface area (Å²) in [5.74, 6) is -2.27. The molecule has 1 aliphatic rings. The van der Waals surface area contributed by atoms with Crippen molar-refractivity contribution in [1.29, 1.82) is 0 Å². The van der Waals surface area contributed by atoms with E-state index in [4.69, 9.17) is 5.73 Å². The summed E-state index contributed by atoms with van der Waals surface area (Å²) in [5.41, 5.74) is 5.03. The summed E-state index contributed by atoms with van der Waals surface area (Å²) in [4.78, 5) is 11.6. The zero-order chi connectivity index (χ0) is 13.3. The lowest BCUT2D eigenvalue weighted by molar-refractivity contribution is -0.384. The number of hydrogen-bond donors (Lipinski definition) is 1. The lowest BCUT2D eigenvalue weighted by Gasteiger charge is -2.32. The van der Waals surface area contributed by atoms with E-state index in [9.17, 15) is 18.9 Å². The molecule has 1 unspecified atom stereocenters. The average Bonchev–Trinajstić information content (AvgIpc) is 2.32. The van der Waals surface area contributed by atoms with Crippen molar-refractivity contribution in [2.75, 3.05) is 18.0 Å². The maximum absolute atomic E-state index is 13.8. The summed E-state index contributed by atoms with van der Waals surface area (Å²) in [7, 11) is 0. The van der Waals surface area contributed by atoms with Gasteiger partial charge in [0.25, 0.3) is 5.69 Å². The van der Waals surface area contributed by atoms with Crippen molar-refractivity contribution in [3.05, 3.63) is 33.9 Å². The van der Waals surface area contributed by atoms with Gasteiger partial charge in [-0.3, -0.25) is 10.1 Å². The molecule has 0 bridgehead atoms. The van der Waals surface area contributed by atoms with Gasteiger partial charge < -0.3 is 10.6 Å². The Bertz CT molecular complexity index is 482. The predicted octanol–water partition coefficient (Wildman–Crippen LogP) is 1.80. The van der Waals surface area contributed by atoms with Gasteiger partial charge in [-0.05, 0) is 18.9 Å². The fourth-order valence-corrected chi connectivity index (χ4v) is 2.19. The third kappa shape index (κ3) is 2.26. The van der Waals surface area contributed by atoms with Crippen LogP contribution < -0.4 is 10.6 Å². The normalized spacial score (nSPS) is 19.9. The van der Waals surface area contributed by atoms with Gasteiger partial charge in [-0.15, -0.1) is 0 Å². The summed E-state index contributed by atoms with van der Waals surface area (Å²) in [5, 5.41) is 10.9. The maximum Gasteiger partial charge on any atom is 0.295 e. The molecular weight excluding hydrogens is 244 g/mol. The highest BCUT2D eigenvalue weighted by atomic mass is 19.2. The van der Waals surface area contributed by atoms with Crippen molar-refractivity contribution in [3.63, 3.8) is 0 Å². The topological polar surface area (TPSA) is 72.4 Å². The second-order valence-electron chi connectivity index (χ2n) is 4.33. The molecule has 0 aliphatic carbocycles. The van der Waals surface area contributed by atoms with E-state index in [1.54, 1.807) is 0 Å². The monoisotopic (exact) mass is 257 g/mol. The molecule has 5 nitrogen and oxygen atoms in total.